The summed E-state index contributed by atoms with van der Waals surface area (Å²) in [5.74, 6) is -0.370. The lowest BCUT2D eigenvalue weighted by Crippen LogP contribution is -2.48. The molecule has 0 saturated carbocycles. The van der Waals surface area contributed by atoms with E-state index in [0.717, 1.165) is 25.9 Å². The van der Waals surface area contributed by atoms with Gasteiger partial charge in [-0.25, -0.2) is 9.80 Å². The minimum absolute atomic E-state index is 0.0110. The highest BCUT2D eigenvalue weighted by Crippen LogP contribution is 2.30. The van der Waals surface area contributed by atoms with E-state index >= 15 is 0 Å². The molecule has 3 aromatic rings. The van der Waals surface area contributed by atoms with Gasteiger partial charge in [0, 0.05) is 57.9 Å². The van der Waals surface area contributed by atoms with Crippen molar-refractivity contribution in [1.29, 1.82) is 0 Å². The Kier molecular flexibility index (Phi) is 10.2. The first-order valence-corrected chi connectivity index (χ1v) is 15.6. The molecule has 4 rings (SSSR count). The highest BCUT2D eigenvalue weighted by atomic mass is 127. The van der Waals surface area contributed by atoms with Crippen LogP contribution in [0.5, 0.6) is 0 Å². The van der Waals surface area contributed by atoms with Crippen molar-refractivity contribution >= 4 is 57.1 Å². The summed E-state index contributed by atoms with van der Waals surface area (Å²) in [6.45, 7) is 11.6. The predicted octanol–water partition coefficient (Wildman–Crippen LogP) is 4.06. The van der Waals surface area contributed by atoms with Crippen molar-refractivity contribution in [2.45, 2.75) is 53.3 Å². The number of hydrogen-bond acceptors (Lipinski definition) is 7. The maximum Gasteiger partial charge on any atom is 0.410 e. The summed E-state index contributed by atoms with van der Waals surface area (Å²) < 4.78 is 8.17. The third-order valence-electron chi connectivity index (χ3n) is 7.47. The molecule has 1 aliphatic rings. The topological polar surface area (TPSA) is 103 Å². The summed E-state index contributed by atoms with van der Waals surface area (Å²) in [7, 11) is 3.66. The van der Waals surface area contributed by atoms with Crippen LogP contribution in [0.15, 0.2) is 36.4 Å². The van der Waals surface area contributed by atoms with Crippen molar-refractivity contribution in [2.24, 2.45) is 7.05 Å². The van der Waals surface area contributed by atoms with Gasteiger partial charge in [0.05, 0.1) is 18.6 Å². The maximum atomic E-state index is 13.7. The molecule has 2 aromatic carbocycles. The molecule has 0 fully saturated rings. The van der Waals surface area contributed by atoms with Gasteiger partial charge in [-0.3, -0.25) is 19.3 Å². The second kappa shape index (κ2) is 13.5. The zero-order valence-corrected chi connectivity index (χ0v) is 28.3. The van der Waals surface area contributed by atoms with Crippen LogP contribution in [0.25, 0.3) is 10.9 Å². The van der Waals surface area contributed by atoms with E-state index in [1.807, 2.05) is 74.5 Å². The van der Waals surface area contributed by atoms with Crippen molar-refractivity contribution < 1.29 is 19.1 Å². The van der Waals surface area contributed by atoms with Crippen LogP contribution >= 0.6 is 22.6 Å². The van der Waals surface area contributed by atoms with Gasteiger partial charge in [0.15, 0.2) is 0 Å². The first kappa shape index (κ1) is 32.5. The third kappa shape index (κ3) is 7.96. The molecule has 0 atom stereocenters. The number of hydrazine groups is 1. The van der Waals surface area contributed by atoms with E-state index in [1.165, 1.54) is 11.1 Å². The Hall–Kier alpha value is -3.39. The molecule has 0 saturated heterocycles. The van der Waals surface area contributed by atoms with Crippen molar-refractivity contribution in [3.63, 3.8) is 0 Å². The van der Waals surface area contributed by atoms with Crippen molar-refractivity contribution in [2.75, 3.05) is 44.7 Å². The third-order valence-corrected chi connectivity index (χ3v) is 8.27. The normalized spacial score (nSPS) is 13.1. The van der Waals surface area contributed by atoms with E-state index in [4.69, 9.17) is 4.74 Å². The number of anilines is 1. The van der Waals surface area contributed by atoms with Crippen LogP contribution in [-0.2, 0) is 34.5 Å². The minimum atomic E-state index is -0.600. The molecule has 1 aromatic heterocycles. The zero-order chi connectivity index (χ0) is 31.5. The summed E-state index contributed by atoms with van der Waals surface area (Å²) in [6, 6.07) is 12.2. The molecule has 1 aliphatic heterocycles. The number of fused-ring (bicyclic) bond motifs is 2. The molecule has 0 spiro atoms. The van der Waals surface area contributed by atoms with E-state index < -0.39 is 11.7 Å². The predicted molar refractivity (Wildman–Crippen MR) is 175 cm³/mol. The molecule has 1 N–H and O–H groups in total. The molecule has 3 amide bonds. The number of amides is 3. The van der Waals surface area contributed by atoms with Crippen LogP contribution in [0, 0.1) is 10.6 Å². The number of benzene rings is 2. The van der Waals surface area contributed by atoms with Crippen molar-refractivity contribution in [1.82, 2.24) is 30.0 Å². The Morgan fingerprint density at radius 1 is 1.09 bits per heavy atom. The lowest BCUT2D eigenvalue weighted by atomic mass is 10.1. The maximum absolute atomic E-state index is 13.7. The number of nitrogens with one attached hydrogen (secondary N) is 1. The van der Waals surface area contributed by atoms with Crippen LogP contribution in [0.4, 0.5) is 10.5 Å². The van der Waals surface area contributed by atoms with Gasteiger partial charge in [0.1, 0.15) is 9.30 Å². The lowest BCUT2D eigenvalue weighted by Gasteiger charge is -2.32. The van der Waals surface area contributed by atoms with E-state index in [2.05, 4.69) is 51.2 Å². The Balaban J connectivity index is 1.49. The summed E-state index contributed by atoms with van der Waals surface area (Å²) in [5, 5.41) is 12.2. The monoisotopic (exact) mass is 703 g/mol. The van der Waals surface area contributed by atoms with Crippen LogP contribution in [0.1, 0.15) is 44.4 Å². The smallest absolute Gasteiger partial charge is 0.410 e. The fourth-order valence-electron chi connectivity index (χ4n) is 5.14. The minimum Gasteiger partial charge on any atom is -0.444 e. The Bertz CT molecular complexity index is 1470. The number of hydrogen-bond donors (Lipinski definition) is 1. The zero-order valence-electron chi connectivity index (χ0n) is 26.1. The summed E-state index contributed by atoms with van der Waals surface area (Å²) in [6.07, 6.45) is -0.418. The second-order valence-electron chi connectivity index (χ2n) is 11.8. The standard InChI is InChI=1S/C31H42IN7O4/c1-8-37(30(42)43-31(3,4)5)14-13-33-27(40)19-38(25-16-26-24(15-21(25)2)29(32)34-35(26)6)20-28(41)36(7)39-17-22-11-9-10-12-23(22)18-39/h9-12,15-16H,8,13-14,17-20H2,1-7H3,(H,33,40). The van der Waals surface area contributed by atoms with E-state index in [-0.39, 0.29) is 31.4 Å². The van der Waals surface area contributed by atoms with Gasteiger partial charge in [-0.1, -0.05) is 24.3 Å². The Morgan fingerprint density at radius 2 is 1.74 bits per heavy atom. The van der Waals surface area contributed by atoms with Crippen molar-refractivity contribution in [3.8, 4) is 0 Å². The number of nitrogens with zero attached hydrogens (tertiary/aromatic N) is 6. The average Bonchev–Trinajstić information content (AvgIpc) is 3.48. The number of halogens is 1. The highest BCUT2D eigenvalue weighted by molar-refractivity contribution is 14.1. The number of ether oxygens (including phenoxy) is 1. The SMILES string of the molecule is CCN(CCNC(=O)CN(CC(=O)N(C)N1Cc2ccccc2C1)c1cc2c(cc1C)c(I)nn2C)C(=O)OC(C)(C)C. The number of carbonyl (C=O) groups excluding carboxylic acids is 3. The van der Waals surface area contributed by atoms with Gasteiger partial charge in [-0.2, -0.15) is 5.10 Å². The van der Waals surface area contributed by atoms with Gasteiger partial charge in [0.2, 0.25) is 5.91 Å². The largest absolute Gasteiger partial charge is 0.444 e. The summed E-state index contributed by atoms with van der Waals surface area (Å²) >= 11 is 2.22. The molecule has 0 radical (unpaired) electrons. The molecule has 232 valence electrons. The highest BCUT2D eigenvalue weighted by Gasteiger charge is 2.28. The Morgan fingerprint density at radius 3 is 2.35 bits per heavy atom. The van der Waals surface area contributed by atoms with Crippen LogP contribution in [0.2, 0.25) is 0 Å². The fraction of sp³-hybridized carbons (Fsp3) is 0.484. The van der Waals surface area contributed by atoms with E-state index in [1.54, 1.807) is 17.0 Å². The second-order valence-corrected chi connectivity index (χ2v) is 12.9. The van der Waals surface area contributed by atoms with Gasteiger partial charge in [-0.15, -0.1) is 0 Å². The number of likely N-dealkylation sites (N-methyl/N-ethyl adjacent to an activating group) is 2. The van der Waals surface area contributed by atoms with Gasteiger partial charge in [0.25, 0.3) is 5.91 Å². The molecule has 12 heteroatoms. The molecule has 0 unspecified atom stereocenters. The van der Waals surface area contributed by atoms with Crippen LogP contribution in [0.3, 0.4) is 0 Å². The average molecular weight is 704 g/mol. The van der Waals surface area contributed by atoms with E-state index in [9.17, 15) is 14.4 Å². The number of rotatable bonds is 10. The van der Waals surface area contributed by atoms with Crippen LogP contribution in [-0.4, -0.2) is 88.0 Å². The summed E-state index contributed by atoms with van der Waals surface area (Å²) in [4.78, 5) is 42.8. The molecule has 11 nitrogen and oxygen atoms in total. The van der Waals surface area contributed by atoms with E-state index in [0.29, 0.717) is 26.2 Å². The van der Waals surface area contributed by atoms with Gasteiger partial charge >= 0.3 is 6.09 Å². The molecule has 0 bridgehead atoms. The molecule has 0 aliphatic carbocycles. The molecule has 43 heavy (non-hydrogen) atoms. The number of aromatic nitrogens is 2. The van der Waals surface area contributed by atoms with Crippen molar-refractivity contribution in [3.05, 3.63) is 56.8 Å². The fourth-order valence-corrected chi connectivity index (χ4v) is 5.90. The Labute approximate surface area is 267 Å². The molecular weight excluding hydrogens is 661 g/mol. The summed E-state index contributed by atoms with van der Waals surface area (Å²) in [5.41, 5.74) is 4.46. The number of aryl methyl sites for hydroxylation is 2. The molecule has 2 heterocycles. The lowest BCUT2D eigenvalue weighted by molar-refractivity contribution is -0.145. The first-order chi connectivity index (χ1) is 20.3. The first-order valence-electron chi connectivity index (χ1n) is 14.5. The number of carbonyl (C=O) groups is 3. The van der Waals surface area contributed by atoms with Gasteiger partial charge in [-0.05, 0) is 86.0 Å². The molecular formula is C31H42IN7O4. The van der Waals surface area contributed by atoms with Crippen LogP contribution < -0.4 is 10.2 Å². The van der Waals surface area contributed by atoms with Gasteiger partial charge < -0.3 is 19.9 Å². The quantitative estimate of drug-likeness (QED) is 0.318.